The molecule has 27 heavy (non-hydrogen) atoms. The fraction of sp³-hybridized carbons (Fsp3) is 0.500. The standard InChI is InChI=1S/C22H27ClN2OS/c23-21-7-6-20(27-21)16-24-12-9-17(10-13-24)5-8-22(26)25-14-11-18-3-1-2-4-19(18)15-25/h1-4,6-7,17H,5,8-16H2. The van der Waals surface area contributed by atoms with E-state index in [4.69, 9.17) is 11.6 Å². The molecule has 1 amide bonds. The molecule has 0 aliphatic carbocycles. The lowest BCUT2D eigenvalue weighted by Crippen LogP contribution is -2.37. The minimum absolute atomic E-state index is 0.333. The second-order valence-electron chi connectivity index (χ2n) is 7.80. The van der Waals surface area contributed by atoms with Gasteiger partial charge in [-0.1, -0.05) is 35.9 Å². The zero-order valence-electron chi connectivity index (χ0n) is 15.7. The summed E-state index contributed by atoms with van der Waals surface area (Å²) in [5, 5.41) is 0. The predicted molar refractivity (Wildman–Crippen MR) is 112 cm³/mol. The number of thiophene rings is 1. The topological polar surface area (TPSA) is 23.6 Å². The van der Waals surface area contributed by atoms with Gasteiger partial charge in [0.2, 0.25) is 5.91 Å². The molecule has 1 aromatic heterocycles. The van der Waals surface area contributed by atoms with Crippen molar-refractivity contribution in [3.63, 3.8) is 0 Å². The van der Waals surface area contributed by atoms with E-state index in [1.54, 1.807) is 11.3 Å². The number of hydrogen-bond donors (Lipinski definition) is 0. The molecule has 2 aromatic rings. The first-order valence-electron chi connectivity index (χ1n) is 9.98. The van der Waals surface area contributed by atoms with Gasteiger partial charge in [-0.25, -0.2) is 0 Å². The van der Waals surface area contributed by atoms with Crippen LogP contribution < -0.4 is 0 Å². The van der Waals surface area contributed by atoms with Gasteiger partial charge in [0.15, 0.2) is 0 Å². The average molecular weight is 403 g/mol. The minimum Gasteiger partial charge on any atom is -0.338 e. The van der Waals surface area contributed by atoms with Crippen LogP contribution in [0, 0.1) is 5.92 Å². The Balaban J connectivity index is 1.19. The van der Waals surface area contributed by atoms with Gasteiger partial charge in [-0.3, -0.25) is 9.69 Å². The predicted octanol–water partition coefficient (Wildman–Crippen LogP) is 4.98. The van der Waals surface area contributed by atoms with Crippen molar-refractivity contribution in [3.8, 4) is 0 Å². The number of rotatable bonds is 5. The van der Waals surface area contributed by atoms with E-state index in [-0.39, 0.29) is 0 Å². The van der Waals surface area contributed by atoms with Crippen molar-refractivity contribution in [2.75, 3.05) is 19.6 Å². The molecule has 0 N–H and O–H groups in total. The molecule has 0 atom stereocenters. The van der Waals surface area contributed by atoms with Crippen LogP contribution >= 0.6 is 22.9 Å². The average Bonchev–Trinajstić information content (AvgIpc) is 3.11. The van der Waals surface area contributed by atoms with Crippen molar-refractivity contribution < 1.29 is 4.79 Å². The molecule has 1 fully saturated rings. The molecule has 0 spiro atoms. The maximum absolute atomic E-state index is 12.7. The highest BCUT2D eigenvalue weighted by Gasteiger charge is 2.23. The van der Waals surface area contributed by atoms with E-state index < -0.39 is 0 Å². The number of likely N-dealkylation sites (tertiary alicyclic amines) is 1. The van der Waals surface area contributed by atoms with E-state index in [0.717, 1.165) is 49.9 Å². The van der Waals surface area contributed by atoms with E-state index in [0.29, 0.717) is 18.2 Å². The molecule has 1 saturated heterocycles. The Morgan fingerprint density at radius 1 is 1.07 bits per heavy atom. The number of benzene rings is 1. The Morgan fingerprint density at radius 2 is 1.85 bits per heavy atom. The number of carbonyl (C=O) groups is 1. The van der Waals surface area contributed by atoms with E-state index in [2.05, 4.69) is 40.1 Å². The van der Waals surface area contributed by atoms with Crippen molar-refractivity contribution >= 4 is 28.8 Å². The summed E-state index contributed by atoms with van der Waals surface area (Å²) in [5.41, 5.74) is 2.72. The normalized spacial score (nSPS) is 18.5. The van der Waals surface area contributed by atoms with Crippen LogP contribution in [-0.2, 0) is 24.3 Å². The second kappa shape index (κ2) is 8.76. The number of carbonyl (C=O) groups excluding carboxylic acids is 1. The molecule has 0 unspecified atom stereocenters. The van der Waals surface area contributed by atoms with E-state index in [1.165, 1.54) is 28.8 Å². The third kappa shape index (κ3) is 4.92. The van der Waals surface area contributed by atoms with Crippen molar-refractivity contribution in [1.29, 1.82) is 0 Å². The molecule has 0 radical (unpaired) electrons. The van der Waals surface area contributed by atoms with Crippen molar-refractivity contribution in [3.05, 3.63) is 56.7 Å². The van der Waals surface area contributed by atoms with Gasteiger partial charge < -0.3 is 4.90 Å². The summed E-state index contributed by atoms with van der Waals surface area (Å²) in [6, 6.07) is 12.6. The van der Waals surface area contributed by atoms with Gasteiger partial charge in [0.1, 0.15) is 0 Å². The Bertz CT molecular complexity index is 782. The summed E-state index contributed by atoms with van der Waals surface area (Å²) in [6.45, 7) is 4.93. The fourth-order valence-corrected chi connectivity index (χ4v) is 5.41. The minimum atomic E-state index is 0.333. The van der Waals surface area contributed by atoms with E-state index in [9.17, 15) is 4.79 Å². The molecular weight excluding hydrogens is 376 g/mol. The number of halogens is 1. The molecule has 2 aliphatic rings. The van der Waals surface area contributed by atoms with Crippen molar-refractivity contribution in [1.82, 2.24) is 9.80 Å². The molecule has 3 heterocycles. The Morgan fingerprint density at radius 3 is 2.59 bits per heavy atom. The summed E-state index contributed by atoms with van der Waals surface area (Å²) >= 11 is 7.71. The number of fused-ring (bicyclic) bond motifs is 1. The maximum Gasteiger partial charge on any atom is 0.222 e. The van der Waals surface area contributed by atoms with Crippen molar-refractivity contribution in [2.24, 2.45) is 5.92 Å². The molecule has 144 valence electrons. The van der Waals surface area contributed by atoms with Crippen LogP contribution in [0.1, 0.15) is 41.7 Å². The van der Waals surface area contributed by atoms with Gasteiger partial charge in [0.05, 0.1) is 4.34 Å². The van der Waals surface area contributed by atoms with E-state index >= 15 is 0 Å². The first-order valence-corrected chi connectivity index (χ1v) is 11.2. The smallest absolute Gasteiger partial charge is 0.222 e. The maximum atomic E-state index is 12.7. The highest BCUT2D eigenvalue weighted by molar-refractivity contribution is 7.16. The van der Waals surface area contributed by atoms with Gasteiger partial charge >= 0.3 is 0 Å². The lowest BCUT2D eigenvalue weighted by Gasteiger charge is -2.32. The summed E-state index contributed by atoms with van der Waals surface area (Å²) in [5.74, 6) is 1.02. The van der Waals surface area contributed by atoms with Crippen LogP contribution in [-0.4, -0.2) is 35.3 Å². The first kappa shape index (κ1) is 19.0. The summed E-state index contributed by atoms with van der Waals surface area (Å²) in [4.78, 5) is 18.6. The van der Waals surface area contributed by atoms with E-state index in [1.807, 2.05) is 6.07 Å². The molecule has 3 nitrogen and oxygen atoms in total. The second-order valence-corrected chi connectivity index (χ2v) is 9.60. The lowest BCUT2D eigenvalue weighted by molar-refractivity contribution is -0.132. The fourth-order valence-electron chi connectivity index (χ4n) is 4.28. The summed E-state index contributed by atoms with van der Waals surface area (Å²) < 4.78 is 0.874. The van der Waals surface area contributed by atoms with Gasteiger partial charge in [-0.05, 0) is 68.0 Å². The van der Waals surface area contributed by atoms with Crippen LogP contribution in [0.4, 0.5) is 0 Å². The molecule has 4 rings (SSSR count). The first-order chi connectivity index (χ1) is 13.2. The Kier molecular flexibility index (Phi) is 6.16. The zero-order chi connectivity index (χ0) is 18.6. The van der Waals surface area contributed by atoms with Gasteiger partial charge in [-0.15, -0.1) is 11.3 Å². The van der Waals surface area contributed by atoms with Crippen LogP contribution in [0.5, 0.6) is 0 Å². The van der Waals surface area contributed by atoms with Gasteiger partial charge in [-0.2, -0.15) is 0 Å². The molecule has 0 saturated carbocycles. The third-order valence-electron chi connectivity index (χ3n) is 5.97. The SMILES string of the molecule is O=C(CCC1CCN(Cc2ccc(Cl)s2)CC1)N1CCc2ccccc2C1. The zero-order valence-corrected chi connectivity index (χ0v) is 17.3. The number of amides is 1. The van der Waals surface area contributed by atoms with Crippen LogP contribution in [0.3, 0.4) is 0 Å². The monoisotopic (exact) mass is 402 g/mol. The van der Waals surface area contributed by atoms with Crippen LogP contribution in [0.15, 0.2) is 36.4 Å². The molecule has 0 bridgehead atoms. The quantitative estimate of drug-likeness (QED) is 0.704. The van der Waals surface area contributed by atoms with Crippen molar-refractivity contribution in [2.45, 2.75) is 45.2 Å². The molecule has 5 heteroatoms. The number of hydrogen-bond acceptors (Lipinski definition) is 3. The summed E-state index contributed by atoms with van der Waals surface area (Å²) in [6.07, 6.45) is 5.14. The van der Waals surface area contributed by atoms with Crippen LogP contribution in [0.25, 0.3) is 0 Å². The van der Waals surface area contributed by atoms with Gasteiger partial charge in [0.25, 0.3) is 0 Å². The number of piperidine rings is 1. The van der Waals surface area contributed by atoms with Gasteiger partial charge in [0, 0.05) is 30.9 Å². The number of nitrogens with zero attached hydrogens (tertiary/aromatic N) is 2. The molecule has 2 aliphatic heterocycles. The van der Waals surface area contributed by atoms with Crippen LogP contribution in [0.2, 0.25) is 4.34 Å². The Hall–Kier alpha value is -1.36. The molecule has 1 aromatic carbocycles. The third-order valence-corrected chi connectivity index (χ3v) is 7.18. The highest BCUT2D eigenvalue weighted by Crippen LogP contribution is 2.27. The largest absolute Gasteiger partial charge is 0.338 e. The molecular formula is C22H27ClN2OS. The lowest BCUT2D eigenvalue weighted by atomic mass is 9.91. The Labute approximate surface area is 170 Å². The highest BCUT2D eigenvalue weighted by atomic mass is 35.5. The summed E-state index contributed by atoms with van der Waals surface area (Å²) in [7, 11) is 0.